The highest BCUT2D eigenvalue weighted by Crippen LogP contribution is 2.33. The number of carbonyl (C=O) groups is 1. The zero-order valence-electron chi connectivity index (χ0n) is 12.7. The van der Waals surface area contributed by atoms with Gasteiger partial charge in [0.05, 0.1) is 6.54 Å². The summed E-state index contributed by atoms with van der Waals surface area (Å²) in [6, 6.07) is 9.06. The molecular formula is C16H23NO4. The molecule has 0 spiro atoms. The summed E-state index contributed by atoms with van der Waals surface area (Å²) in [4.78, 5) is 13.5. The van der Waals surface area contributed by atoms with Crippen molar-refractivity contribution in [2.24, 2.45) is 0 Å². The quantitative estimate of drug-likeness (QED) is 0.829. The van der Waals surface area contributed by atoms with Gasteiger partial charge in [0.15, 0.2) is 0 Å². The van der Waals surface area contributed by atoms with Crippen LogP contribution >= 0.6 is 0 Å². The Morgan fingerprint density at radius 1 is 1.33 bits per heavy atom. The van der Waals surface area contributed by atoms with Crippen molar-refractivity contribution < 1.29 is 19.7 Å². The fraction of sp³-hybridized carbons (Fsp3) is 0.562. The lowest BCUT2D eigenvalue weighted by molar-refractivity contribution is -0.123. The SMILES string of the molecule is CC(C)(C)OC(=O)N1CCC(O)(c2ccccc2)C(O)C1. The molecular weight excluding hydrogens is 270 g/mol. The van der Waals surface area contributed by atoms with Crippen LogP contribution in [-0.2, 0) is 10.3 Å². The third-order valence-corrected chi connectivity index (χ3v) is 3.63. The number of piperidine rings is 1. The standard InChI is InChI=1S/C16H23NO4/c1-15(2,3)21-14(19)17-10-9-16(20,13(18)11-17)12-7-5-4-6-8-12/h4-8,13,18,20H,9-11H2,1-3H3. The number of rotatable bonds is 1. The summed E-state index contributed by atoms with van der Waals surface area (Å²) in [5.74, 6) is 0. The Morgan fingerprint density at radius 2 is 1.95 bits per heavy atom. The summed E-state index contributed by atoms with van der Waals surface area (Å²) in [6.45, 7) is 5.79. The van der Waals surface area contributed by atoms with Gasteiger partial charge in [-0.2, -0.15) is 0 Å². The van der Waals surface area contributed by atoms with E-state index in [1.54, 1.807) is 32.9 Å². The molecule has 2 atom stereocenters. The molecule has 2 unspecified atom stereocenters. The third kappa shape index (κ3) is 3.54. The van der Waals surface area contributed by atoms with Crippen molar-refractivity contribution in [3.63, 3.8) is 0 Å². The van der Waals surface area contributed by atoms with Crippen LogP contribution in [0.5, 0.6) is 0 Å². The molecule has 0 bridgehead atoms. The first-order chi connectivity index (χ1) is 9.72. The lowest BCUT2D eigenvalue weighted by Gasteiger charge is -2.42. The van der Waals surface area contributed by atoms with Crippen molar-refractivity contribution >= 4 is 6.09 Å². The number of nitrogens with zero attached hydrogens (tertiary/aromatic N) is 1. The molecule has 2 rings (SSSR count). The van der Waals surface area contributed by atoms with Crippen LogP contribution in [-0.4, -0.2) is 46.0 Å². The highest BCUT2D eigenvalue weighted by molar-refractivity contribution is 5.68. The minimum atomic E-state index is -1.32. The number of aliphatic hydroxyl groups is 2. The molecule has 5 nitrogen and oxygen atoms in total. The molecule has 5 heteroatoms. The van der Waals surface area contributed by atoms with Gasteiger partial charge in [-0.3, -0.25) is 0 Å². The van der Waals surface area contributed by atoms with Crippen molar-refractivity contribution in [2.45, 2.75) is 44.5 Å². The van der Waals surface area contributed by atoms with E-state index in [0.29, 0.717) is 12.1 Å². The summed E-state index contributed by atoms with van der Waals surface area (Å²) in [7, 11) is 0. The van der Waals surface area contributed by atoms with Gasteiger partial charge in [0.25, 0.3) is 0 Å². The molecule has 0 aliphatic carbocycles. The van der Waals surface area contributed by atoms with E-state index in [4.69, 9.17) is 4.74 Å². The average molecular weight is 293 g/mol. The van der Waals surface area contributed by atoms with Gasteiger partial charge in [0.2, 0.25) is 0 Å². The monoisotopic (exact) mass is 293 g/mol. The molecule has 0 radical (unpaired) electrons. The number of likely N-dealkylation sites (tertiary alicyclic amines) is 1. The van der Waals surface area contributed by atoms with Crippen LogP contribution in [0.25, 0.3) is 0 Å². The number of hydrogen-bond donors (Lipinski definition) is 2. The first-order valence-electron chi connectivity index (χ1n) is 7.16. The Morgan fingerprint density at radius 3 is 2.48 bits per heavy atom. The van der Waals surface area contributed by atoms with Crippen LogP contribution in [0.3, 0.4) is 0 Å². The Kier molecular flexibility index (Phi) is 4.25. The van der Waals surface area contributed by atoms with Crippen LogP contribution in [0.2, 0.25) is 0 Å². The van der Waals surface area contributed by atoms with Crippen molar-refractivity contribution in [3.8, 4) is 0 Å². The second kappa shape index (κ2) is 5.66. The van der Waals surface area contributed by atoms with Gasteiger partial charge < -0.3 is 19.8 Å². The first-order valence-corrected chi connectivity index (χ1v) is 7.16. The molecule has 1 heterocycles. The summed E-state index contributed by atoms with van der Waals surface area (Å²) in [5.41, 5.74) is -1.23. The van der Waals surface area contributed by atoms with Crippen LogP contribution < -0.4 is 0 Å². The molecule has 1 aromatic carbocycles. The largest absolute Gasteiger partial charge is 0.444 e. The molecule has 1 aliphatic heterocycles. The molecule has 2 N–H and O–H groups in total. The number of ether oxygens (including phenoxy) is 1. The predicted octanol–water partition coefficient (Wildman–Crippen LogP) is 1.88. The van der Waals surface area contributed by atoms with E-state index < -0.39 is 23.4 Å². The number of benzene rings is 1. The molecule has 0 saturated carbocycles. The maximum absolute atomic E-state index is 12.0. The average Bonchev–Trinajstić information content (AvgIpc) is 2.41. The van der Waals surface area contributed by atoms with Gasteiger partial charge in [-0.15, -0.1) is 0 Å². The van der Waals surface area contributed by atoms with E-state index in [9.17, 15) is 15.0 Å². The van der Waals surface area contributed by atoms with Crippen LogP contribution in [0, 0.1) is 0 Å². The number of aliphatic hydroxyl groups excluding tert-OH is 1. The Balaban J connectivity index is 2.07. The molecule has 1 aromatic rings. The van der Waals surface area contributed by atoms with Gasteiger partial charge in [-0.25, -0.2) is 4.79 Å². The lowest BCUT2D eigenvalue weighted by Crippen LogP contribution is -2.55. The van der Waals surface area contributed by atoms with E-state index in [0.717, 1.165) is 0 Å². The fourth-order valence-corrected chi connectivity index (χ4v) is 2.48. The van der Waals surface area contributed by atoms with E-state index in [2.05, 4.69) is 0 Å². The van der Waals surface area contributed by atoms with Crippen LogP contribution in [0.1, 0.15) is 32.8 Å². The predicted molar refractivity (Wildman–Crippen MR) is 78.8 cm³/mol. The zero-order chi connectivity index (χ0) is 15.7. The summed E-state index contributed by atoms with van der Waals surface area (Å²) in [6.07, 6.45) is -1.23. The van der Waals surface area contributed by atoms with Gasteiger partial charge in [-0.1, -0.05) is 30.3 Å². The summed E-state index contributed by atoms with van der Waals surface area (Å²) < 4.78 is 5.29. The van der Waals surface area contributed by atoms with Crippen molar-refractivity contribution in [1.29, 1.82) is 0 Å². The molecule has 21 heavy (non-hydrogen) atoms. The lowest BCUT2D eigenvalue weighted by atomic mass is 9.82. The molecule has 1 saturated heterocycles. The molecule has 0 aromatic heterocycles. The van der Waals surface area contributed by atoms with Gasteiger partial charge in [-0.05, 0) is 26.3 Å². The van der Waals surface area contributed by atoms with Crippen molar-refractivity contribution in [2.75, 3.05) is 13.1 Å². The topological polar surface area (TPSA) is 70.0 Å². The minimum absolute atomic E-state index is 0.0559. The second-order valence-electron chi connectivity index (χ2n) is 6.48. The van der Waals surface area contributed by atoms with E-state index >= 15 is 0 Å². The maximum atomic E-state index is 12.0. The van der Waals surface area contributed by atoms with E-state index in [-0.39, 0.29) is 13.0 Å². The minimum Gasteiger partial charge on any atom is -0.444 e. The molecule has 1 fully saturated rings. The zero-order valence-corrected chi connectivity index (χ0v) is 12.7. The van der Waals surface area contributed by atoms with Crippen LogP contribution in [0.15, 0.2) is 30.3 Å². The molecule has 116 valence electrons. The van der Waals surface area contributed by atoms with Crippen molar-refractivity contribution in [3.05, 3.63) is 35.9 Å². The van der Waals surface area contributed by atoms with Crippen molar-refractivity contribution in [1.82, 2.24) is 4.90 Å². The summed E-state index contributed by atoms with van der Waals surface area (Å²) in [5, 5.41) is 21.0. The smallest absolute Gasteiger partial charge is 0.410 e. The van der Waals surface area contributed by atoms with Crippen LogP contribution in [0.4, 0.5) is 4.79 Å². The second-order valence-corrected chi connectivity index (χ2v) is 6.48. The van der Waals surface area contributed by atoms with Gasteiger partial charge in [0.1, 0.15) is 17.3 Å². The highest BCUT2D eigenvalue weighted by Gasteiger charge is 2.43. The maximum Gasteiger partial charge on any atom is 0.410 e. The fourth-order valence-electron chi connectivity index (χ4n) is 2.48. The molecule has 1 amide bonds. The summed E-state index contributed by atoms with van der Waals surface area (Å²) >= 11 is 0. The first kappa shape index (κ1) is 15.8. The molecule has 1 aliphatic rings. The van der Waals surface area contributed by atoms with Gasteiger partial charge >= 0.3 is 6.09 Å². The number of carbonyl (C=O) groups excluding carboxylic acids is 1. The van der Waals surface area contributed by atoms with Gasteiger partial charge in [0, 0.05) is 13.0 Å². The Bertz CT molecular complexity index is 497. The number of β-amino-alcohol motifs (C(OH)–C–C–N with tert-alkyl or cyclic N) is 1. The Hall–Kier alpha value is -1.59. The van der Waals surface area contributed by atoms with E-state index in [1.165, 1.54) is 4.90 Å². The van der Waals surface area contributed by atoms with E-state index in [1.807, 2.05) is 18.2 Å². The number of amides is 1. The normalized spacial score (nSPS) is 26.5. The third-order valence-electron chi connectivity index (χ3n) is 3.63. The number of hydrogen-bond acceptors (Lipinski definition) is 4. The highest BCUT2D eigenvalue weighted by atomic mass is 16.6. The Labute approximate surface area is 125 Å².